The van der Waals surface area contributed by atoms with Crippen molar-refractivity contribution in [3.63, 3.8) is 0 Å². The van der Waals surface area contributed by atoms with Crippen LogP contribution in [0.2, 0.25) is 5.02 Å². The summed E-state index contributed by atoms with van der Waals surface area (Å²) in [5.74, 6) is -0.187. The Morgan fingerprint density at radius 1 is 1.24 bits per heavy atom. The topological polar surface area (TPSA) is 64.7 Å². The van der Waals surface area contributed by atoms with Crippen LogP contribution in [0.1, 0.15) is 34.4 Å². The highest BCUT2D eigenvalue weighted by Gasteiger charge is 2.17. The first-order chi connectivity index (χ1) is 12.0. The number of amides is 1. The Bertz CT molecular complexity index is 912. The van der Waals surface area contributed by atoms with Crippen LogP contribution in [0.25, 0.3) is 0 Å². The first kappa shape index (κ1) is 17.2. The summed E-state index contributed by atoms with van der Waals surface area (Å²) in [6, 6.07) is 9.38. The SMILES string of the molecule is CCn1nccc1C(=O)Nc1c(C)nn(Cc2cccc(Cl)c2)c1C. The molecule has 1 aromatic carbocycles. The molecule has 0 saturated carbocycles. The van der Waals surface area contributed by atoms with E-state index in [0.29, 0.717) is 23.8 Å². The standard InChI is InChI=1S/C18H20ClN5O/c1-4-23-16(8-9-20-23)18(25)21-17-12(2)22-24(13(17)3)11-14-6-5-7-15(19)10-14/h5-10H,4,11H2,1-3H3,(H,21,25). The average molecular weight is 358 g/mol. The lowest BCUT2D eigenvalue weighted by Gasteiger charge is -2.08. The van der Waals surface area contributed by atoms with E-state index in [1.165, 1.54) is 0 Å². The van der Waals surface area contributed by atoms with E-state index in [1.54, 1.807) is 16.9 Å². The molecule has 0 spiro atoms. The molecule has 3 aromatic rings. The second-order valence-corrected chi connectivity index (χ2v) is 6.26. The van der Waals surface area contributed by atoms with Crippen molar-refractivity contribution in [1.82, 2.24) is 19.6 Å². The van der Waals surface area contributed by atoms with Gasteiger partial charge in [0.15, 0.2) is 0 Å². The van der Waals surface area contributed by atoms with Crippen molar-refractivity contribution in [1.29, 1.82) is 0 Å². The maximum atomic E-state index is 12.5. The van der Waals surface area contributed by atoms with Crippen LogP contribution in [0.3, 0.4) is 0 Å². The molecule has 0 fully saturated rings. The van der Waals surface area contributed by atoms with Crippen molar-refractivity contribution in [2.24, 2.45) is 0 Å². The molecular formula is C18H20ClN5O. The third-order valence-corrected chi connectivity index (χ3v) is 4.33. The molecule has 0 radical (unpaired) electrons. The van der Waals surface area contributed by atoms with Crippen LogP contribution in [0.5, 0.6) is 0 Å². The molecule has 1 N–H and O–H groups in total. The van der Waals surface area contributed by atoms with Crippen LogP contribution in [0.4, 0.5) is 5.69 Å². The van der Waals surface area contributed by atoms with Gasteiger partial charge in [0.1, 0.15) is 5.69 Å². The zero-order valence-corrected chi connectivity index (χ0v) is 15.2. The Labute approximate surface area is 151 Å². The first-order valence-electron chi connectivity index (χ1n) is 8.11. The van der Waals surface area contributed by atoms with Gasteiger partial charge in [0, 0.05) is 17.8 Å². The molecule has 0 bridgehead atoms. The maximum Gasteiger partial charge on any atom is 0.274 e. The summed E-state index contributed by atoms with van der Waals surface area (Å²) in [7, 11) is 0. The van der Waals surface area contributed by atoms with Crippen LogP contribution < -0.4 is 5.32 Å². The van der Waals surface area contributed by atoms with Gasteiger partial charge < -0.3 is 5.32 Å². The summed E-state index contributed by atoms with van der Waals surface area (Å²) in [6.45, 7) is 7.01. The number of anilines is 1. The Balaban J connectivity index is 1.83. The smallest absolute Gasteiger partial charge is 0.274 e. The van der Waals surface area contributed by atoms with Gasteiger partial charge in [-0.05, 0) is 44.5 Å². The monoisotopic (exact) mass is 357 g/mol. The molecule has 0 aliphatic rings. The lowest BCUT2D eigenvalue weighted by Crippen LogP contribution is -2.18. The maximum absolute atomic E-state index is 12.5. The first-order valence-corrected chi connectivity index (χ1v) is 8.49. The van der Waals surface area contributed by atoms with E-state index in [-0.39, 0.29) is 5.91 Å². The second-order valence-electron chi connectivity index (χ2n) is 5.82. The number of nitrogens with one attached hydrogen (secondary N) is 1. The van der Waals surface area contributed by atoms with E-state index in [1.807, 2.05) is 49.7 Å². The summed E-state index contributed by atoms with van der Waals surface area (Å²) < 4.78 is 3.53. The minimum absolute atomic E-state index is 0.187. The highest BCUT2D eigenvalue weighted by Crippen LogP contribution is 2.22. The summed E-state index contributed by atoms with van der Waals surface area (Å²) in [4.78, 5) is 12.5. The molecule has 0 aliphatic carbocycles. The van der Waals surface area contributed by atoms with Crippen LogP contribution in [0.15, 0.2) is 36.5 Å². The Morgan fingerprint density at radius 3 is 2.76 bits per heavy atom. The van der Waals surface area contributed by atoms with Crippen LogP contribution in [0, 0.1) is 13.8 Å². The van der Waals surface area contributed by atoms with Crippen molar-refractivity contribution in [3.05, 3.63) is 64.2 Å². The molecule has 0 saturated heterocycles. The normalized spacial score (nSPS) is 10.9. The van der Waals surface area contributed by atoms with Gasteiger partial charge in [-0.1, -0.05) is 23.7 Å². The zero-order chi connectivity index (χ0) is 18.0. The molecule has 2 aromatic heterocycles. The fraction of sp³-hybridized carbons (Fsp3) is 0.278. The summed E-state index contributed by atoms with van der Waals surface area (Å²) >= 11 is 6.05. The van der Waals surface area contributed by atoms with Gasteiger partial charge in [0.05, 0.1) is 23.6 Å². The van der Waals surface area contributed by atoms with Crippen molar-refractivity contribution in [2.45, 2.75) is 33.9 Å². The molecule has 7 heteroatoms. The number of carbonyl (C=O) groups is 1. The summed E-state index contributed by atoms with van der Waals surface area (Å²) in [5.41, 5.74) is 3.99. The van der Waals surface area contributed by atoms with Gasteiger partial charge in [0.2, 0.25) is 0 Å². The summed E-state index contributed by atoms with van der Waals surface area (Å²) in [6.07, 6.45) is 1.63. The minimum Gasteiger partial charge on any atom is -0.317 e. The number of nitrogens with zero attached hydrogens (tertiary/aromatic N) is 4. The van der Waals surface area contributed by atoms with E-state index in [4.69, 9.17) is 11.6 Å². The van der Waals surface area contributed by atoms with Gasteiger partial charge >= 0.3 is 0 Å². The molecule has 2 heterocycles. The molecule has 1 amide bonds. The number of aromatic nitrogens is 4. The average Bonchev–Trinajstić information content (AvgIpc) is 3.15. The zero-order valence-electron chi connectivity index (χ0n) is 14.5. The van der Waals surface area contributed by atoms with Crippen molar-refractivity contribution < 1.29 is 4.79 Å². The van der Waals surface area contributed by atoms with Gasteiger partial charge in [0.25, 0.3) is 5.91 Å². The second kappa shape index (κ2) is 7.11. The number of halogens is 1. The molecule has 25 heavy (non-hydrogen) atoms. The Kier molecular flexibility index (Phi) is 4.90. The van der Waals surface area contributed by atoms with Crippen molar-refractivity contribution in [2.75, 3.05) is 5.32 Å². The van der Waals surface area contributed by atoms with Crippen LogP contribution in [-0.2, 0) is 13.1 Å². The Morgan fingerprint density at radius 2 is 2.04 bits per heavy atom. The molecule has 0 unspecified atom stereocenters. The molecule has 0 aliphatic heterocycles. The van der Waals surface area contributed by atoms with E-state index in [2.05, 4.69) is 15.5 Å². The predicted octanol–water partition coefficient (Wildman–Crippen LogP) is 3.67. The van der Waals surface area contributed by atoms with Crippen LogP contribution >= 0.6 is 11.6 Å². The van der Waals surface area contributed by atoms with Gasteiger partial charge in [-0.25, -0.2) is 0 Å². The highest BCUT2D eigenvalue weighted by atomic mass is 35.5. The number of hydrogen-bond acceptors (Lipinski definition) is 3. The van der Waals surface area contributed by atoms with Gasteiger partial charge in [-0.3, -0.25) is 14.2 Å². The molecular weight excluding hydrogens is 338 g/mol. The molecule has 3 rings (SSSR count). The number of rotatable bonds is 5. The lowest BCUT2D eigenvalue weighted by molar-refractivity contribution is 0.101. The summed E-state index contributed by atoms with van der Waals surface area (Å²) in [5, 5.41) is 12.3. The third kappa shape index (κ3) is 3.58. The quantitative estimate of drug-likeness (QED) is 0.757. The molecule has 130 valence electrons. The van der Waals surface area contributed by atoms with Gasteiger partial charge in [-0.2, -0.15) is 10.2 Å². The van der Waals surface area contributed by atoms with E-state index >= 15 is 0 Å². The minimum atomic E-state index is -0.187. The largest absolute Gasteiger partial charge is 0.317 e. The number of aryl methyl sites for hydroxylation is 2. The van der Waals surface area contributed by atoms with E-state index in [0.717, 1.165) is 22.6 Å². The van der Waals surface area contributed by atoms with Crippen molar-refractivity contribution in [3.8, 4) is 0 Å². The van der Waals surface area contributed by atoms with E-state index in [9.17, 15) is 4.79 Å². The Hall–Kier alpha value is -2.60. The van der Waals surface area contributed by atoms with Crippen LogP contribution in [-0.4, -0.2) is 25.5 Å². The fourth-order valence-corrected chi connectivity index (χ4v) is 3.01. The number of benzene rings is 1. The number of carbonyl (C=O) groups excluding carboxylic acids is 1. The van der Waals surface area contributed by atoms with Gasteiger partial charge in [-0.15, -0.1) is 0 Å². The predicted molar refractivity (Wildman–Crippen MR) is 98.1 cm³/mol. The van der Waals surface area contributed by atoms with Crippen molar-refractivity contribution >= 4 is 23.2 Å². The molecule has 6 nitrogen and oxygen atoms in total. The molecule has 0 atom stereocenters. The van der Waals surface area contributed by atoms with E-state index < -0.39 is 0 Å². The highest BCUT2D eigenvalue weighted by molar-refractivity contribution is 6.30. The fourth-order valence-electron chi connectivity index (χ4n) is 2.80. The number of hydrogen-bond donors (Lipinski definition) is 1. The third-order valence-electron chi connectivity index (χ3n) is 4.09. The lowest BCUT2D eigenvalue weighted by atomic mass is 10.2.